The van der Waals surface area contributed by atoms with Crippen molar-refractivity contribution in [3.05, 3.63) is 119 Å². The van der Waals surface area contributed by atoms with Crippen molar-refractivity contribution in [3.63, 3.8) is 0 Å². The largest absolute Gasteiger partial charge is 0.504 e. The molecule has 0 fully saturated rings. The third-order valence-corrected chi connectivity index (χ3v) is 6.57. The van der Waals surface area contributed by atoms with Gasteiger partial charge in [0.05, 0.1) is 13.5 Å². The van der Waals surface area contributed by atoms with Crippen molar-refractivity contribution >= 4 is 47.6 Å². The first-order valence-electron chi connectivity index (χ1n) is 14.9. The summed E-state index contributed by atoms with van der Waals surface area (Å²) >= 11 is 0. The van der Waals surface area contributed by atoms with Crippen LogP contribution in [0.3, 0.4) is 0 Å². The zero-order valence-corrected chi connectivity index (χ0v) is 27.0. The van der Waals surface area contributed by atoms with Gasteiger partial charge in [0.2, 0.25) is 0 Å². The third-order valence-electron chi connectivity index (χ3n) is 6.57. The van der Waals surface area contributed by atoms with Crippen LogP contribution in [-0.2, 0) is 19.2 Å². The first-order valence-corrected chi connectivity index (χ1v) is 14.9. The number of para-hydroxylation sites is 2. The SMILES string of the molecule is COc1cc(/C=C/C(=O)CC(=O)/C=C/c2ccc(OC(=O)c3ccccc3OC(C)=O)c(O)c2)ccc1OC(=O)c1ccccc1OC(C)=O. The van der Waals surface area contributed by atoms with Crippen LogP contribution in [-0.4, -0.2) is 47.7 Å². The molecule has 0 bridgehead atoms. The van der Waals surface area contributed by atoms with Crippen molar-refractivity contribution in [2.75, 3.05) is 7.11 Å². The number of ether oxygens (including phenoxy) is 5. The summed E-state index contributed by atoms with van der Waals surface area (Å²) in [5.74, 6) is -4.09. The van der Waals surface area contributed by atoms with Gasteiger partial charge < -0.3 is 28.8 Å². The molecular formula is C38H30O12. The molecule has 0 aliphatic carbocycles. The van der Waals surface area contributed by atoms with Crippen molar-refractivity contribution in [3.8, 4) is 34.5 Å². The second kappa shape index (κ2) is 16.8. The fourth-order valence-electron chi connectivity index (χ4n) is 4.33. The number of aromatic hydroxyl groups is 1. The van der Waals surface area contributed by atoms with E-state index >= 15 is 0 Å². The lowest BCUT2D eigenvalue weighted by molar-refractivity contribution is -0.132. The molecule has 0 unspecified atom stereocenters. The highest BCUT2D eigenvalue weighted by atomic mass is 16.6. The molecule has 1 N–H and O–H groups in total. The minimum absolute atomic E-state index is 0.00425. The molecule has 4 aromatic rings. The monoisotopic (exact) mass is 678 g/mol. The molecule has 0 heterocycles. The van der Waals surface area contributed by atoms with Crippen LogP contribution in [0.2, 0.25) is 0 Å². The zero-order valence-electron chi connectivity index (χ0n) is 27.0. The molecular weight excluding hydrogens is 648 g/mol. The Morgan fingerprint density at radius 1 is 0.560 bits per heavy atom. The summed E-state index contributed by atoms with van der Waals surface area (Å²) in [6, 6.07) is 20.7. The first-order chi connectivity index (χ1) is 23.9. The molecule has 0 atom stereocenters. The van der Waals surface area contributed by atoms with E-state index in [0.29, 0.717) is 11.1 Å². The Kier molecular flexibility index (Phi) is 12.1. The summed E-state index contributed by atoms with van der Waals surface area (Å²) in [4.78, 5) is 73.0. The molecule has 12 heteroatoms. The van der Waals surface area contributed by atoms with Crippen molar-refractivity contribution in [1.82, 2.24) is 0 Å². The summed E-state index contributed by atoms with van der Waals surface area (Å²) in [5, 5.41) is 10.4. The molecule has 254 valence electrons. The fraction of sp³-hybridized carbons (Fsp3) is 0.105. The molecule has 12 nitrogen and oxygen atoms in total. The van der Waals surface area contributed by atoms with Gasteiger partial charge in [0.25, 0.3) is 0 Å². The number of allylic oxidation sites excluding steroid dienone is 2. The third kappa shape index (κ3) is 10.1. The minimum Gasteiger partial charge on any atom is -0.504 e. The van der Waals surface area contributed by atoms with Crippen LogP contribution in [0, 0.1) is 0 Å². The van der Waals surface area contributed by atoms with Crippen LogP contribution in [0.4, 0.5) is 0 Å². The predicted molar refractivity (Wildman–Crippen MR) is 179 cm³/mol. The zero-order chi connectivity index (χ0) is 36.2. The van der Waals surface area contributed by atoms with Crippen LogP contribution >= 0.6 is 0 Å². The lowest BCUT2D eigenvalue weighted by atomic mass is 10.1. The number of hydrogen-bond acceptors (Lipinski definition) is 12. The molecule has 4 aromatic carbocycles. The van der Waals surface area contributed by atoms with E-state index in [9.17, 15) is 33.9 Å². The van der Waals surface area contributed by atoms with Crippen LogP contribution in [0.25, 0.3) is 12.2 Å². The van der Waals surface area contributed by atoms with E-state index in [4.69, 9.17) is 23.7 Å². The number of ketones is 2. The number of methoxy groups -OCH3 is 1. The van der Waals surface area contributed by atoms with E-state index in [1.54, 1.807) is 30.3 Å². The van der Waals surface area contributed by atoms with Gasteiger partial charge in [0.1, 0.15) is 22.6 Å². The lowest BCUT2D eigenvalue weighted by Crippen LogP contribution is -2.13. The Morgan fingerprint density at radius 3 is 1.50 bits per heavy atom. The summed E-state index contributed by atoms with van der Waals surface area (Å²) in [6.45, 7) is 2.40. The minimum atomic E-state index is -0.862. The second-order valence-corrected chi connectivity index (χ2v) is 10.4. The maximum Gasteiger partial charge on any atom is 0.347 e. The smallest absolute Gasteiger partial charge is 0.347 e. The van der Waals surface area contributed by atoms with Gasteiger partial charge in [0.15, 0.2) is 34.6 Å². The topological polar surface area (TPSA) is 169 Å². The van der Waals surface area contributed by atoms with E-state index in [0.717, 1.165) is 0 Å². The van der Waals surface area contributed by atoms with Gasteiger partial charge in [-0.3, -0.25) is 19.2 Å². The van der Waals surface area contributed by atoms with Crippen LogP contribution in [0.1, 0.15) is 52.1 Å². The number of esters is 4. The lowest BCUT2D eigenvalue weighted by Gasteiger charge is -2.12. The molecule has 0 radical (unpaired) electrons. The standard InChI is InChI=1S/C38H30O12/c1-23(39)47-32-10-6-4-8-29(32)37(44)49-34-18-14-25(20-31(34)43)12-16-27(41)22-28(42)17-13-26-15-19-35(36(21-26)46-3)50-38(45)30-9-5-7-11-33(30)48-24(2)40/h4-21,43H,22H2,1-3H3/b16-12+,17-13+. The molecule has 0 spiro atoms. The highest BCUT2D eigenvalue weighted by molar-refractivity contribution is 6.11. The van der Waals surface area contributed by atoms with Crippen molar-refractivity contribution in [1.29, 1.82) is 0 Å². The number of benzene rings is 4. The Balaban J connectivity index is 1.33. The van der Waals surface area contributed by atoms with Gasteiger partial charge in [-0.2, -0.15) is 0 Å². The average Bonchev–Trinajstić information content (AvgIpc) is 3.07. The summed E-state index contributed by atoms with van der Waals surface area (Å²) in [5.41, 5.74) is 0.924. The Labute approximate surface area is 286 Å². The van der Waals surface area contributed by atoms with Crippen LogP contribution < -0.4 is 23.7 Å². The fourth-order valence-corrected chi connectivity index (χ4v) is 4.33. The van der Waals surface area contributed by atoms with Crippen molar-refractivity contribution in [2.24, 2.45) is 0 Å². The molecule has 0 amide bonds. The van der Waals surface area contributed by atoms with Gasteiger partial charge in [-0.15, -0.1) is 0 Å². The second-order valence-electron chi connectivity index (χ2n) is 10.4. The van der Waals surface area contributed by atoms with Gasteiger partial charge in [0, 0.05) is 13.8 Å². The Bertz CT molecular complexity index is 2020. The first kappa shape index (κ1) is 36.0. The molecule has 4 rings (SSSR count). The van der Waals surface area contributed by atoms with Crippen molar-refractivity contribution < 1.29 is 57.6 Å². The summed E-state index contributed by atoms with van der Waals surface area (Å²) in [7, 11) is 1.37. The van der Waals surface area contributed by atoms with E-state index in [1.807, 2.05) is 0 Å². The Morgan fingerprint density at radius 2 is 1.02 bits per heavy atom. The molecule has 0 saturated carbocycles. The van der Waals surface area contributed by atoms with Gasteiger partial charge in [-0.1, -0.05) is 48.6 Å². The summed E-state index contributed by atoms with van der Waals surface area (Å²) in [6.07, 6.45) is 4.80. The highest BCUT2D eigenvalue weighted by Crippen LogP contribution is 2.31. The molecule has 0 saturated heterocycles. The quantitative estimate of drug-likeness (QED) is 0.0765. The maximum atomic E-state index is 12.8. The van der Waals surface area contributed by atoms with Crippen LogP contribution in [0.15, 0.2) is 97.1 Å². The number of carbonyl (C=O) groups excluding carboxylic acids is 6. The number of hydrogen-bond donors (Lipinski definition) is 1. The van der Waals surface area contributed by atoms with E-state index < -0.39 is 41.9 Å². The number of rotatable bonds is 13. The van der Waals surface area contributed by atoms with Gasteiger partial charge in [-0.05, 0) is 71.8 Å². The van der Waals surface area contributed by atoms with Gasteiger partial charge >= 0.3 is 23.9 Å². The van der Waals surface area contributed by atoms with Crippen molar-refractivity contribution in [2.45, 2.75) is 20.3 Å². The summed E-state index contributed by atoms with van der Waals surface area (Å²) < 4.78 is 26.1. The van der Waals surface area contributed by atoms with Crippen LogP contribution in [0.5, 0.6) is 34.5 Å². The number of phenols is 1. The average molecular weight is 679 g/mol. The predicted octanol–water partition coefficient (Wildman–Crippen LogP) is 5.94. The molecule has 0 aliphatic rings. The molecule has 50 heavy (non-hydrogen) atoms. The van der Waals surface area contributed by atoms with E-state index in [2.05, 4.69) is 0 Å². The number of carbonyl (C=O) groups is 6. The Hall–Kier alpha value is -6.82. The normalized spacial score (nSPS) is 10.8. The number of phenolic OH excluding ortho intramolecular Hbond substituents is 1. The molecule has 0 aliphatic heterocycles. The maximum absolute atomic E-state index is 12.8. The van der Waals surface area contributed by atoms with Gasteiger partial charge in [-0.25, -0.2) is 9.59 Å². The van der Waals surface area contributed by atoms with E-state index in [1.165, 1.54) is 99.9 Å². The molecule has 0 aromatic heterocycles. The van der Waals surface area contributed by atoms with E-state index in [-0.39, 0.29) is 45.6 Å². The highest BCUT2D eigenvalue weighted by Gasteiger charge is 2.19.